The molecule has 0 aliphatic heterocycles. The van der Waals surface area contributed by atoms with E-state index >= 15 is 0 Å². The lowest BCUT2D eigenvalue weighted by atomic mass is 10.2. The Kier molecular flexibility index (Phi) is 4.84. The predicted octanol–water partition coefficient (Wildman–Crippen LogP) is 1.96. The molecule has 1 atom stereocenters. The summed E-state index contributed by atoms with van der Waals surface area (Å²) in [5.74, 6) is -0.888. The standard InChI is InChI=1S/C9H14O3/c1-4-12-8(3)6-5-7(2)9(10)11/h4-5,8H,1,6H2,2-3H3,(H,10,11). The predicted molar refractivity (Wildman–Crippen MR) is 46.8 cm³/mol. The van der Waals surface area contributed by atoms with Gasteiger partial charge in [-0.3, -0.25) is 0 Å². The van der Waals surface area contributed by atoms with E-state index < -0.39 is 5.97 Å². The van der Waals surface area contributed by atoms with Crippen molar-refractivity contribution in [2.45, 2.75) is 26.4 Å². The van der Waals surface area contributed by atoms with Crippen molar-refractivity contribution in [2.75, 3.05) is 0 Å². The molecular formula is C9H14O3. The summed E-state index contributed by atoms with van der Waals surface area (Å²) in [6.45, 7) is 6.82. The van der Waals surface area contributed by atoms with Gasteiger partial charge in [-0.05, 0) is 13.8 Å². The minimum atomic E-state index is -0.888. The van der Waals surface area contributed by atoms with Crippen LogP contribution in [0.4, 0.5) is 0 Å². The quantitative estimate of drug-likeness (QED) is 0.506. The van der Waals surface area contributed by atoms with Crippen molar-refractivity contribution in [3.8, 4) is 0 Å². The minimum Gasteiger partial charge on any atom is -0.499 e. The largest absolute Gasteiger partial charge is 0.499 e. The van der Waals surface area contributed by atoms with E-state index in [1.54, 1.807) is 13.0 Å². The van der Waals surface area contributed by atoms with Gasteiger partial charge in [0.15, 0.2) is 0 Å². The maximum atomic E-state index is 10.3. The Labute approximate surface area is 72.3 Å². The summed E-state index contributed by atoms with van der Waals surface area (Å²) in [6, 6.07) is 0. The molecule has 0 amide bonds. The molecule has 0 saturated carbocycles. The topological polar surface area (TPSA) is 46.5 Å². The number of carboxylic acid groups (broad SMARTS) is 1. The van der Waals surface area contributed by atoms with Crippen molar-refractivity contribution < 1.29 is 14.6 Å². The number of carbonyl (C=O) groups is 1. The molecule has 0 fully saturated rings. The first-order chi connectivity index (χ1) is 5.57. The summed E-state index contributed by atoms with van der Waals surface area (Å²) < 4.78 is 5.00. The van der Waals surface area contributed by atoms with E-state index in [-0.39, 0.29) is 6.10 Å². The van der Waals surface area contributed by atoms with Gasteiger partial charge in [-0.15, -0.1) is 0 Å². The summed E-state index contributed by atoms with van der Waals surface area (Å²) in [7, 11) is 0. The zero-order valence-electron chi connectivity index (χ0n) is 7.41. The second-order valence-corrected chi connectivity index (χ2v) is 2.54. The molecule has 1 unspecified atom stereocenters. The zero-order chi connectivity index (χ0) is 9.56. The van der Waals surface area contributed by atoms with E-state index in [2.05, 4.69) is 6.58 Å². The molecular weight excluding hydrogens is 156 g/mol. The van der Waals surface area contributed by atoms with Gasteiger partial charge in [-0.2, -0.15) is 0 Å². The van der Waals surface area contributed by atoms with Crippen LogP contribution in [0.3, 0.4) is 0 Å². The van der Waals surface area contributed by atoms with Crippen molar-refractivity contribution in [2.24, 2.45) is 0 Å². The second kappa shape index (κ2) is 5.41. The molecule has 0 rings (SSSR count). The third-order valence-corrected chi connectivity index (χ3v) is 1.42. The van der Waals surface area contributed by atoms with E-state index in [9.17, 15) is 4.79 Å². The van der Waals surface area contributed by atoms with Crippen LogP contribution >= 0.6 is 0 Å². The fourth-order valence-corrected chi connectivity index (χ4v) is 0.650. The van der Waals surface area contributed by atoms with Gasteiger partial charge in [0, 0.05) is 12.0 Å². The van der Waals surface area contributed by atoms with Gasteiger partial charge in [-0.1, -0.05) is 12.7 Å². The van der Waals surface area contributed by atoms with E-state index in [1.807, 2.05) is 6.92 Å². The molecule has 0 aromatic carbocycles. The molecule has 0 aromatic rings. The summed E-state index contributed by atoms with van der Waals surface area (Å²) in [5, 5.41) is 8.50. The Balaban J connectivity index is 3.86. The highest BCUT2D eigenvalue weighted by molar-refractivity contribution is 5.85. The van der Waals surface area contributed by atoms with Crippen LogP contribution < -0.4 is 0 Å². The Morgan fingerprint density at radius 3 is 2.75 bits per heavy atom. The first-order valence-electron chi connectivity index (χ1n) is 3.74. The monoisotopic (exact) mass is 170 g/mol. The molecule has 0 spiro atoms. The molecule has 0 aromatic heterocycles. The van der Waals surface area contributed by atoms with Crippen molar-refractivity contribution in [1.29, 1.82) is 0 Å². The van der Waals surface area contributed by atoms with Crippen molar-refractivity contribution >= 4 is 5.97 Å². The average Bonchev–Trinajstić information content (AvgIpc) is 2.00. The van der Waals surface area contributed by atoms with Crippen LogP contribution in [0, 0.1) is 0 Å². The summed E-state index contributed by atoms with van der Waals surface area (Å²) in [5.41, 5.74) is 0.342. The lowest BCUT2D eigenvalue weighted by Gasteiger charge is -2.07. The van der Waals surface area contributed by atoms with Gasteiger partial charge >= 0.3 is 5.97 Å². The number of hydrogen-bond acceptors (Lipinski definition) is 2. The zero-order valence-corrected chi connectivity index (χ0v) is 7.41. The highest BCUT2D eigenvalue weighted by atomic mass is 16.5. The molecule has 0 radical (unpaired) electrons. The molecule has 0 saturated heterocycles. The van der Waals surface area contributed by atoms with Gasteiger partial charge in [-0.25, -0.2) is 4.79 Å². The third kappa shape index (κ3) is 4.55. The number of rotatable bonds is 5. The van der Waals surface area contributed by atoms with Gasteiger partial charge in [0.1, 0.15) is 0 Å². The third-order valence-electron chi connectivity index (χ3n) is 1.42. The maximum absolute atomic E-state index is 10.3. The molecule has 0 aliphatic carbocycles. The summed E-state index contributed by atoms with van der Waals surface area (Å²) in [6.07, 6.45) is 3.56. The normalized spacial score (nSPS) is 13.7. The first kappa shape index (κ1) is 10.8. The Morgan fingerprint density at radius 1 is 1.75 bits per heavy atom. The van der Waals surface area contributed by atoms with Crippen molar-refractivity contribution in [3.63, 3.8) is 0 Å². The van der Waals surface area contributed by atoms with Crippen LogP contribution in [0.25, 0.3) is 0 Å². The summed E-state index contributed by atoms with van der Waals surface area (Å²) in [4.78, 5) is 10.3. The van der Waals surface area contributed by atoms with Gasteiger partial charge in [0.25, 0.3) is 0 Å². The van der Waals surface area contributed by atoms with E-state index in [0.29, 0.717) is 12.0 Å². The highest BCUT2D eigenvalue weighted by Crippen LogP contribution is 2.02. The minimum absolute atomic E-state index is 0.0169. The Morgan fingerprint density at radius 2 is 2.33 bits per heavy atom. The molecule has 3 heteroatoms. The molecule has 0 heterocycles. The van der Waals surface area contributed by atoms with Crippen LogP contribution in [0.2, 0.25) is 0 Å². The lowest BCUT2D eigenvalue weighted by Crippen LogP contribution is -2.03. The molecule has 12 heavy (non-hydrogen) atoms. The fraction of sp³-hybridized carbons (Fsp3) is 0.444. The van der Waals surface area contributed by atoms with Gasteiger partial charge in [0.2, 0.25) is 0 Å². The molecule has 0 aliphatic rings. The van der Waals surface area contributed by atoms with E-state index in [4.69, 9.17) is 9.84 Å². The van der Waals surface area contributed by atoms with Crippen LogP contribution in [-0.2, 0) is 9.53 Å². The summed E-state index contributed by atoms with van der Waals surface area (Å²) >= 11 is 0. The first-order valence-corrected chi connectivity index (χ1v) is 3.74. The highest BCUT2D eigenvalue weighted by Gasteiger charge is 2.01. The van der Waals surface area contributed by atoms with Crippen LogP contribution in [0.5, 0.6) is 0 Å². The number of ether oxygens (including phenoxy) is 1. The smallest absolute Gasteiger partial charge is 0.330 e. The Hall–Kier alpha value is -1.25. The van der Waals surface area contributed by atoms with Crippen LogP contribution in [-0.4, -0.2) is 17.2 Å². The number of aliphatic carboxylic acids is 1. The average molecular weight is 170 g/mol. The van der Waals surface area contributed by atoms with E-state index in [1.165, 1.54) is 6.26 Å². The molecule has 0 bridgehead atoms. The Bertz CT molecular complexity index is 194. The van der Waals surface area contributed by atoms with Crippen LogP contribution in [0.1, 0.15) is 20.3 Å². The molecule has 3 nitrogen and oxygen atoms in total. The van der Waals surface area contributed by atoms with Gasteiger partial charge < -0.3 is 9.84 Å². The maximum Gasteiger partial charge on any atom is 0.330 e. The van der Waals surface area contributed by atoms with E-state index in [0.717, 1.165) is 0 Å². The number of carboxylic acids is 1. The van der Waals surface area contributed by atoms with Crippen LogP contribution in [0.15, 0.2) is 24.5 Å². The number of hydrogen-bond donors (Lipinski definition) is 1. The molecule has 1 N–H and O–H groups in total. The van der Waals surface area contributed by atoms with Gasteiger partial charge in [0.05, 0.1) is 12.4 Å². The van der Waals surface area contributed by atoms with Crippen molar-refractivity contribution in [3.05, 3.63) is 24.5 Å². The van der Waals surface area contributed by atoms with Crippen molar-refractivity contribution in [1.82, 2.24) is 0 Å². The second-order valence-electron chi connectivity index (χ2n) is 2.54. The molecule has 68 valence electrons. The SMILES string of the molecule is C=COC(C)CC=C(C)C(=O)O. The fourth-order valence-electron chi connectivity index (χ4n) is 0.650. The lowest BCUT2D eigenvalue weighted by molar-refractivity contribution is -0.132.